The summed E-state index contributed by atoms with van der Waals surface area (Å²) in [5, 5.41) is 0. The van der Waals surface area contributed by atoms with Crippen molar-refractivity contribution in [2.45, 2.75) is 6.04 Å². The number of methoxy groups -OCH3 is 1. The standard InChI is InChI=1S/C20H17NO4/c1-24-19(22)16-12-13-18(15-8-4-2-5-9-15)21(14-16)20(23)25-17-10-6-3-7-11-17/h2-14,18H,1H3. The zero-order chi connectivity index (χ0) is 17.6. The number of nitrogens with zero attached hydrogens (tertiary/aromatic N) is 1. The lowest BCUT2D eigenvalue weighted by Crippen LogP contribution is -2.34. The summed E-state index contributed by atoms with van der Waals surface area (Å²) < 4.78 is 10.2. The maximum atomic E-state index is 12.7. The third-order valence-corrected chi connectivity index (χ3v) is 3.76. The van der Waals surface area contributed by atoms with Crippen molar-refractivity contribution in [3.8, 4) is 5.75 Å². The molecule has 0 aromatic heterocycles. The molecule has 1 aliphatic heterocycles. The summed E-state index contributed by atoms with van der Waals surface area (Å²) in [6, 6.07) is 17.9. The van der Waals surface area contributed by atoms with Crippen molar-refractivity contribution in [3.63, 3.8) is 0 Å². The van der Waals surface area contributed by atoms with Gasteiger partial charge in [-0.25, -0.2) is 9.59 Å². The first-order chi connectivity index (χ1) is 12.2. The third-order valence-electron chi connectivity index (χ3n) is 3.76. The van der Waals surface area contributed by atoms with Crippen LogP contribution in [0.15, 0.2) is 84.6 Å². The van der Waals surface area contributed by atoms with Crippen molar-refractivity contribution in [1.82, 2.24) is 4.90 Å². The number of ether oxygens (including phenoxy) is 2. The predicted octanol–water partition coefficient (Wildman–Crippen LogP) is 3.86. The molecule has 0 N–H and O–H groups in total. The molecule has 3 rings (SSSR count). The number of hydrogen-bond donors (Lipinski definition) is 0. The summed E-state index contributed by atoms with van der Waals surface area (Å²) >= 11 is 0. The lowest BCUT2D eigenvalue weighted by molar-refractivity contribution is -0.135. The molecule has 1 atom stereocenters. The molecule has 1 amide bonds. The zero-order valence-corrected chi connectivity index (χ0v) is 13.7. The number of carbonyl (C=O) groups excluding carboxylic acids is 2. The van der Waals surface area contributed by atoms with Gasteiger partial charge in [0.1, 0.15) is 5.75 Å². The van der Waals surface area contributed by atoms with Gasteiger partial charge in [-0.3, -0.25) is 4.90 Å². The number of para-hydroxylation sites is 1. The van der Waals surface area contributed by atoms with Crippen molar-refractivity contribution in [3.05, 3.63) is 90.2 Å². The highest BCUT2D eigenvalue weighted by Crippen LogP contribution is 2.29. The van der Waals surface area contributed by atoms with E-state index in [0.717, 1.165) is 5.56 Å². The first-order valence-electron chi connectivity index (χ1n) is 7.77. The van der Waals surface area contributed by atoms with Crippen LogP contribution in [0.5, 0.6) is 5.75 Å². The Bertz CT molecular complexity index is 812. The average Bonchev–Trinajstić information content (AvgIpc) is 2.68. The second-order valence-electron chi connectivity index (χ2n) is 5.38. The Morgan fingerprint density at radius 2 is 1.60 bits per heavy atom. The van der Waals surface area contributed by atoms with E-state index < -0.39 is 12.1 Å². The largest absolute Gasteiger partial charge is 0.465 e. The molecule has 0 spiro atoms. The zero-order valence-electron chi connectivity index (χ0n) is 13.7. The topological polar surface area (TPSA) is 55.8 Å². The predicted molar refractivity (Wildman–Crippen MR) is 92.7 cm³/mol. The van der Waals surface area contributed by atoms with Crippen LogP contribution in [0.4, 0.5) is 4.79 Å². The molecule has 2 aromatic rings. The second kappa shape index (κ2) is 7.49. The molecule has 0 saturated heterocycles. The third kappa shape index (κ3) is 3.77. The molecule has 1 aliphatic rings. The fraction of sp³-hybridized carbons (Fsp3) is 0.100. The maximum Gasteiger partial charge on any atom is 0.420 e. The van der Waals surface area contributed by atoms with Crippen LogP contribution in [0.25, 0.3) is 0 Å². The van der Waals surface area contributed by atoms with Crippen LogP contribution in [0, 0.1) is 0 Å². The molecule has 1 heterocycles. The highest BCUT2D eigenvalue weighted by atomic mass is 16.6. The molecule has 0 radical (unpaired) electrons. The molecule has 5 heteroatoms. The highest BCUT2D eigenvalue weighted by Gasteiger charge is 2.28. The fourth-order valence-electron chi connectivity index (χ4n) is 2.53. The van der Waals surface area contributed by atoms with Crippen LogP contribution in [0.1, 0.15) is 11.6 Å². The van der Waals surface area contributed by atoms with Gasteiger partial charge >= 0.3 is 12.1 Å². The van der Waals surface area contributed by atoms with Crippen molar-refractivity contribution < 1.29 is 19.1 Å². The first-order valence-corrected chi connectivity index (χ1v) is 7.77. The number of esters is 1. The van der Waals surface area contributed by atoms with Crippen molar-refractivity contribution in [1.29, 1.82) is 0 Å². The molecule has 25 heavy (non-hydrogen) atoms. The average molecular weight is 335 g/mol. The van der Waals surface area contributed by atoms with Gasteiger partial charge in [0.2, 0.25) is 0 Å². The van der Waals surface area contributed by atoms with E-state index in [0.29, 0.717) is 5.75 Å². The Morgan fingerprint density at radius 1 is 0.960 bits per heavy atom. The minimum Gasteiger partial charge on any atom is -0.465 e. The van der Waals surface area contributed by atoms with Gasteiger partial charge in [-0.2, -0.15) is 0 Å². The molecule has 126 valence electrons. The molecule has 2 aromatic carbocycles. The van der Waals surface area contributed by atoms with Gasteiger partial charge < -0.3 is 9.47 Å². The molecular weight excluding hydrogens is 318 g/mol. The first kappa shape index (κ1) is 16.5. The number of hydrogen-bond acceptors (Lipinski definition) is 4. The Morgan fingerprint density at radius 3 is 2.24 bits per heavy atom. The number of rotatable bonds is 3. The maximum absolute atomic E-state index is 12.7. The van der Waals surface area contributed by atoms with Crippen LogP contribution in [0.3, 0.4) is 0 Å². The van der Waals surface area contributed by atoms with Gasteiger partial charge in [0.15, 0.2) is 0 Å². The molecule has 0 fully saturated rings. The van der Waals surface area contributed by atoms with E-state index >= 15 is 0 Å². The van der Waals surface area contributed by atoms with Crippen molar-refractivity contribution in [2.75, 3.05) is 7.11 Å². The highest BCUT2D eigenvalue weighted by molar-refractivity contribution is 5.92. The van der Waals surface area contributed by atoms with E-state index in [1.165, 1.54) is 18.2 Å². The van der Waals surface area contributed by atoms with E-state index in [-0.39, 0.29) is 11.6 Å². The molecular formula is C20H17NO4. The van der Waals surface area contributed by atoms with Gasteiger partial charge in [-0.15, -0.1) is 0 Å². The van der Waals surface area contributed by atoms with Crippen LogP contribution in [0.2, 0.25) is 0 Å². The quantitative estimate of drug-likeness (QED) is 0.799. The van der Waals surface area contributed by atoms with Crippen LogP contribution in [-0.4, -0.2) is 24.1 Å². The Kier molecular flexibility index (Phi) is 4.95. The van der Waals surface area contributed by atoms with E-state index in [1.54, 1.807) is 36.4 Å². The van der Waals surface area contributed by atoms with Gasteiger partial charge in [0.05, 0.1) is 18.7 Å². The lowest BCUT2D eigenvalue weighted by Gasteiger charge is -2.29. The van der Waals surface area contributed by atoms with Crippen LogP contribution >= 0.6 is 0 Å². The summed E-state index contributed by atoms with van der Waals surface area (Å²) in [4.78, 5) is 25.9. The summed E-state index contributed by atoms with van der Waals surface area (Å²) in [7, 11) is 1.30. The minimum atomic E-state index is -0.578. The minimum absolute atomic E-state index is 0.277. The molecule has 1 unspecified atom stereocenters. The smallest absolute Gasteiger partial charge is 0.420 e. The number of amides is 1. The summed E-state index contributed by atoms with van der Waals surface area (Å²) in [5.74, 6) is -0.0813. The molecule has 0 saturated carbocycles. The second-order valence-corrected chi connectivity index (χ2v) is 5.38. The summed E-state index contributed by atoms with van der Waals surface area (Å²) in [6.45, 7) is 0. The normalized spacial score (nSPS) is 16.1. The molecule has 0 aliphatic carbocycles. The SMILES string of the molecule is COC(=O)C1=CN(C(=O)Oc2ccccc2)C(c2ccccc2)C=C1. The monoisotopic (exact) mass is 335 g/mol. The van der Waals surface area contributed by atoms with Gasteiger partial charge in [0.25, 0.3) is 0 Å². The molecule has 5 nitrogen and oxygen atoms in total. The van der Waals surface area contributed by atoms with E-state index in [1.807, 2.05) is 36.4 Å². The summed E-state index contributed by atoms with van der Waals surface area (Å²) in [6.07, 6.45) is 4.30. The van der Waals surface area contributed by atoms with Crippen molar-refractivity contribution in [2.24, 2.45) is 0 Å². The number of carbonyl (C=O) groups is 2. The Labute approximate surface area is 145 Å². The van der Waals surface area contributed by atoms with Gasteiger partial charge in [0, 0.05) is 6.20 Å². The fourth-order valence-corrected chi connectivity index (χ4v) is 2.53. The van der Waals surface area contributed by atoms with E-state index in [4.69, 9.17) is 9.47 Å². The van der Waals surface area contributed by atoms with Gasteiger partial charge in [-0.05, 0) is 23.8 Å². The van der Waals surface area contributed by atoms with Gasteiger partial charge in [-0.1, -0.05) is 54.6 Å². The lowest BCUT2D eigenvalue weighted by atomic mass is 10.0. The Balaban J connectivity index is 1.91. The molecule has 0 bridgehead atoms. The van der Waals surface area contributed by atoms with E-state index in [2.05, 4.69) is 0 Å². The summed E-state index contributed by atoms with van der Waals surface area (Å²) in [5.41, 5.74) is 1.18. The van der Waals surface area contributed by atoms with E-state index in [9.17, 15) is 9.59 Å². The van der Waals surface area contributed by atoms with Crippen LogP contribution < -0.4 is 4.74 Å². The van der Waals surface area contributed by atoms with Crippen molar-refractivity contribution >= 4 is 12.1 Å². The van der Waals surface area contributed by atoms with Crippen LogP contribution in [-0.2, 0) is 9.53 Å². The Hall–Kier alpha value is -3.34. The number of benzene rings is 2.